The summed E-state index contributed by atoms with van der Waals surface area (Å²) in [7, 11) is 0. The topological polar surface area (TPSA) is 30.7 Å². The van der Waals surface area contributed by atoms with Crippen molar-refractivity contribution in [3.63, 3.8) is 0 Å². The van der Waals surface area contributed by atoms with Gasteiger partial charge in [0.2, 0.25) is 0 Å². The molecule has 0 aliphatic carbocycles. The molecular formula is C21H32NO2+. The highest BCUT2D eigenvalue weighted by Crippen LogP contribution is 2.43. The summed E-state index contributed by atoms with van der Waals surface area (Å²) in [6.45, 7) is 8.83. The fraction of sp³-hybridized carbons (Fsp3) is 0.667. The highest BCUT2D eigenvalue weighted by molar-refractivity contribution is 5.95. The molecule has 0 amide bonds. The third-order valence-corrected chi connectivity index (χ3v) is 6.24. The van der Waals surface area contributed by atoms with Crippen molar-refractivity contribution in [2.24, 2.45) is 5.41 Å². The maximum Gasteiger partial charge on any atom is 0.168 e. The van der Waals surface area contributed by atoms with Crippen molar-refractivity contribution in [3.8, 4) is 0 Å². The largest absolute Gasteiger partial charge is 0.375 e. The zero-order chi connectivity index (χ0) is 17.0. The molecule has 2 heterocycles. The average Bonchev–Trinajstić information content (AvgIpc) is 2.60. The Labute approximate surface area is 146 Å². The number of ether oxygens (including phenoxy) is 1. The molecule has 1 unspecified atom stereocenters. The molecule has 0 bridgehead atoms. The molecule has 3 heteroatoms. The Morgan fingerprint density at radius 1 is 1.25 bits per heavy atom. The van der Waals surface area contributed by atoms with Crippen LogP contribution in [-0.4, -0.2) is 37.6 Å². The van der Waals surface area contributed by atoms with Gasteiger partial charge in [-0.1, -0.05) is 37.3 Å². The van der Waals surface area contributed by atoms with Gasteiger partial charge in [0.05, 0.1) is 31.7 Å². The predicted octanol–water partition coefficient (Wildman–Crippen LogP) is 2.90. The van der Waals surface area contributed by atoms with Crippen molar-refractivity contribution >= 4 is 5.78 Å². The van der Waals surface area contributed by atoms with Crippen LogP contribution in [0.3, 0.4) is 0 Å². The van der Waals surface area contributed by atoms with Crippen molar-refractivity contribution in [3.05, 3.63) is 35.9 Å². The number of piperidine rings is 1. The number of benzene rings is 1. The van der Waals surface area contributed by atoms with Gasteiger partial charge in [0.25, 0.3) is 0 Å². The third-order valence-electron chi connectivity index (χ3n) is 6.24. The minimum Gasteiger partial charge on any atom is -0.375 e. The number of hydrogen-bond donors (Lipinski definition) is 1. The highest BCUT2D eigenvalue weighted by atomic mass is 16.5. The van der Waals surface area contributed by atoms with Crippen molar-refractivity contribution in [1.29, 1.82) is 0 Å². The van der Waals surface area contributed by atoms with E-state index in [4.69, 9.17) is 4.74 Å². The lowest BCUT2D eigenvalue weighted by molar-refractivity contribution is -0.912. The second kappa shape index (κ2) is 7.37. The van der Waals surface area contributed by atoms with Crippen molar-refractivity contribution in [2.75, 3.05) is 26.2 Å². The van der Waals surface area contributed by atoms with Gasteiger partial charge in [-0.2, -0.15) is 0 Å². The van der Waals surface area contributed by atoms with E-state index >= 15 is 0 Å². The minimum atomic E-state index is 0.0561. The normalized spacial score (nSPS) is 33.5. The number of quaternary nitrogens is 1. The van der Waals surface area contributed by atoms with Gasteiger partial charge in [0, 0.05) is 17.6 Å². The van der Waals surface area contributed by atoms with Crippen molar-refractivity contribution in [2.45, 2.75) is 58.0 Å². The number of Topliss-reactive ketones (excluding diaryl/α,β-unsaturated/α-hetero) is 1. The molecule has 3 nitrogen and oxygen atoms in total. The Hall–Kier alpha value is -1.19. The van der Waals surface area contributed by atoms with Gasteiger partial charge in [0.1, 0.15) is 0 Å². The first-order valence-corrected chi connectivity index (χ1v) is 9.60. The molecule has 2 aliphatic heterocycles. The molecule has 1 aromatic carbocycles. The molecule has 3 rings (SSSR count). The van der Waals surface area contributed by atoms with Gasteiger partial charge in [0.15, 0.2) is 5.78 Å². The number of likely N-dealkylation sites (tertiary alicyclic amines) is 1. The summed E-state index contributed by atoms with van der Waals surface area (Å²) in [6, 6.07) is 9.72. The van der Waals surface area contributed by atoms with Gasteiger partial charge < -0.3 is 9.64 Å². The Morgan fingerprint density at radius 2 is 2.04 bits per heavy atom. The molecule has 1 aromatic rings. The fourth-order valence-electron chi connectivity index (χ4n) is 4.73. The second-order valence-corrected chi connectivity index (χ2v) is 8.15. The van der Waals surface area contributed by atoms with Crippen LogP contribution in [0.15, 0.2) is 30.3 Å². The Kier molecular flexibility index (Phi) is 5.41. The molecule has 2 fully saturated rings. The number of ketones is 1. The lowest BCUT2D eigenvalue weighted by atomic mass is 9.68. The van der Waals surface area contributed by atoms with Crippen LogP contribution in [0.4, 0.5) is 0 Å². The number of carbonyl (C=O) groups excluding carboxylic acids is 1. The van der Waals surface area contributed by atoms with Gasteiger partial charge in [-0.15, -0.1) is 0 Å². The fourth-order valence-corrected chi connectivity index (χ4v) is 4.73. The molecule has 2 saturated heterocycles. The van der Waals surface area contributed by atoms with Crippen LogP contribution in [-0.2, 0) is 4.74 Å². The Morgan fingerprint density at radius 3 is 2.79 bits per heavy atom. The minimum absolute atomic E-state index is 0.0561. The lowest BCUT2D eigenvalue weighted by Gasteiger charge is -2.49. The van der Waals surface area contributed by atoms with E-state index in [1.54, 1.807) is 4.90 Å². The SMILES string of the molecule is CC[C@]1(C)C[C@]2(CCC[NH+](CCC(=O)c3ccccc3)C2)CCO1. The predicted molar refractivity (Wildman–Crippen MR) is 96.5 cm³/mol. The van der Waals surface area contributed by atoms with Crippen molar-refractivity contribution in [1.82, 2.24) is 0 Å². The summed E-state index contributed by atoms with van der Waals surface area (Å²) in [5.41, 5.74) is 1.35. The van der Waals surface area contributed by atoms with E-state index in [0.717, 1.165) is 25.1 Å². The quantitative estimate of drug-likeness (QED) is 0.842. The van der Waals surface area contributed by atoms with Crippen LogP contribution < -0.4 is 4.90 Å². The first-order chi connectivity index (χ1) is 11.5. The second-order valence-electron chi connectivity index (χ2n) is 8.15. The van der Waals surface area contributed by atoms with E-state index in [2.05, 4.69) is 13.8 Å². The molecule has 1 N–H and O–H groups in total. The monoisotopic (exact) mass is 330 g/mol. The van der Waals surface area contributed by atoms with Gasteiger partial charge in [-0.25, -0.2) is 0 Å². The zero-order valence-corrected chi connectivity index (χ0v) is 15.3. The van der Waals surface area contributed by atoms with Crippen molar-refractivity contribution < 1.29 is 14.4 Å². The standard InChI is InChI=1S/C21H31NO2/c1-3-20(2)16-21(12-15-24-20)11-7-13-22(17-21)14-10-19(23)18-8-5-4-6-9-18/h4-6,8-9H,3,7,10-17H2,1-2H3/p+1/t20-,21+/m1/s1. The smallest absolute Gasteiger partial charge is 0.168 e. The maximum atomic E-state index is 12.4. The van der Waals surface area contributed by atoms with Gasteiger partial charge in [-0.05, 0) is 39.0 Å². The van der Waals surface area contributed by atoms with E-state index in [0.29, 0.717) is 11.8 Å². The van der Waals surface area contributed by atoms with E-state index in [1.807, 2.05) is 30.3 Å². The number of nitrogens with one attached hydrogen (secondary N) is 1. The Balaban J connectivity index is 1.57. The van der Waals surface area contributed by atoms with Gasteiger partial charge in [-0.3, -0.25) is 4.79 Å². The molecule has 0 radical (unpaired) electrons. The summed E-state index contributed by atoms with van der Waals surface area (Å²) < 4.78 is 6.07. The average molecular weight is 330 g/mol. The van der Waals surface area contributed by atoms with Crippen LogP contribution in [0.1, 0.15) is 62.7 Å². The van der Waals surface area contributed by atoms with Gasteiger partial charge >= 0.3 is 0 Å². The zero-order valence-electron chi connectivity index (χ0n) is 15.3. The highest BCUT2D eigenvalue weighted by Gasteiger charge is 2.46. The summed E-state index contributed by atoms with van der Waals surface area (Å²) in [5, 5.41) is 0. The molecular weight excluding hydrogens is 298 g/mol. The first-order valence-electron chi connectivity index (χ1n) is 9.60. The van der Waals surface area contributed by atoms with E-state index in [9.17, 15) is 4.79 Å². The first kappa shape index (κ1) is 17.6. The summed E-state index contributed by atoms with van der Waals surface area (Å²) in [5.74, 6) is 0.285. The number of rotatable bonds is 5. The Bertz CT molecular complexity index is 554. The molecule has 3 atom stereocenters. The molecule has 2 aliphatic rings. The molecule has 24 heavy (non-hydrogen) atoms. The van der Waals surface area contributed by atoms with E-state index < -0.39 is 0 Å². The summed E-state index contributed by atoms with van der Waals surface area (Å²) in [6.07, 6.45) is 6.76. The third kappa shape index (κ3) is 4.07. The van der Waals surface area contributed by atoms with Crippen LogP contribution in [0.25, 0.3) is 0 Å². The van der Waals surface area contributed by atoms with E-state index in [1.165, 1.54) is 38.8 Å². The molecule has 0 saturated carbocycles. The van der Waals surface area contributed by atoms with Crippen LogP contribution in [0.2, 0.25) is 0 Å². The summed E-state index contributed by atoms with van der Waals surface area (Å²) in [4.78, 5) is 14.0. The van der Waals surface area contributed by atoms with Crippen LogP contribution in [0, 0.1) is 5.41 Å². The van der Waals surface area contributed by atoms with Crippen LogP contribution >= 0.6 is 0 Å². The molecule has 132 valence electrons. The van der Waals surface area contributed by atoms with Crippen LogP contribution in [0.5, 0.6) is 0 Å². The molecule has 0 aromatic heterocycles. The lowest BCUT2D eigenvalue weighted by Crippen LogP contribution is -3.14. The summed E-state index contributed by atoms with van der Waals surface area (Å²) >= 11 is 0. The number of hydrogen-bond acceptors (Lipinski definition) is 2. The number of carbonyl (C=O) groups is 1. The molecule has 1 spiro atoms. The maximum absolute atomic E-state index is 12.4. The van der Waals surface area contributed by atoms with E-state index in [-0.39, 0.29) is 11.4 Å².